The van der Waals surface area contributed by atoms with Crippen molar-refractivity contribution in [2.24, 2.45) is 11.8 Å². The maximum atomic E-state index is 12.5. The average Bonchev–Trinajstić information content (AvgIpc) is 2.98. The van der Waals surface area contributed by atoms with Crippen molar-refractivity contribution >= 4 is 49.4 Å². The number of carboxylic acid groups (broad SMARTS) is 1. The van der Waals surface area contributed by atoms with Crippen LogP contribution in [0.15, 0.2) is 39.3 Å². The zero-order valence-electron chi connectivity index (χ0n) is 10.6. The quantitative estimate of drug-likeness (QED) is 0.794. The van der Waals surface area contributed by atoms with E-state index in [1.165, 1.54) is 0 Å². The molecule has 0 aliphatic carbocycles. The van der Waals surface area contributed by atoms with Gasteiger partial charge in [0, 0.05) is 14.7 Å². The molecule has 4 atom stereocenters. The van der Waals surface area contributed by atoms with Crippen LogP contribution < -0.4 is 5.32 Å². The summed E-state index contributed by atoms with van der Waals surface area (Å²) in [5, 5.41) is 12.2. The highest BCUT2D eigenvalue weighted by atomic mass is 79.9. The Bertz CT molecular complexity index is 631. The number of anilines is 1. The highest BCUT2D eigenvalue weighted by Crippen LogP contribution is 2.51. The third-order valence-electron chi connectivity index (χ3n) is 3.69. The summed E-state index contributed by atoms with van der Waals surface area (Å²) in [5.74, 6) is -3.04. The predicted octanol–water partition coefficient (Wildman–Crippen LogP) is 2.72. The molecule has 1 aromatic carbocycles. The predicted molar refractivity (Wildman–Crippen MR) is 83.2 cm³/mol. The van der Waals surface area contributed by atoms with E-state index in [9.17, 15) is 14.7 Å². The molecule has 0 radical (unpaired) electrons. The lowest BCUT2D eigenvalue weighted by atomic mass is 9.82. The monoisotopic (exact) mass is 415 g/mol. The van der Waals surface area contributed by atoms with Gasteiger partial charge in [0.2, 0.25) is 5.91 Å². The molecular weight excluding hydrogens is 406 g/mol. The van der Waals surface area contributed by atoms with Crippen LogP contribution in [0.4, 0.5) is 5.69 Å². The number of aliphatic carboxylic acids is 1. The Balaban J connectivity index is 1.87. The normalized spacial score (nSPS) is 30.6. The Hall–Kier alpha value is -1.18. The molecule has 0 saturated carbocycles. The van der Waals surface area contributed by atoms with Crippen molar-refractivity contribution < 1.29 is 19.4 Å². The fourth-order valence-corrected chi connectivity index (χ4v) is 3.98. The minimum Gasteiger partial charge on any atom is -0.481 e. The number of benzene rings is 1. The summed E-state index contributed by atoms with van der Waals surface area (Å²) < 4.78 is 7.01. The van der Waals surface area contributed by atoms with Crippen LogP contribution >= 0.6 is 31.9 Å². The molecule has 2 aliphatic rings. The van der Waals surface area contributed by atoms with E-state index in [1.54, 1.807) is 24.3 Å². The van der Waals surface area contributed by atoms with Gasteiger partial charge in [0.05, 0.1) is 5.92 Å². The minimum atomic E-state index is -1.03. The van der Waals surface area contributed by atoms with Gasteiger partial charge in [0.1, 0.15) is 18.1 Å². The van der Waals surface area contributed by atoms with Gasteiger partial charge in [-0.25, -0.2) is 0 Å². The highest BCUT2D eigenvalue weighted by Gasteiger charge is 2.58. The molecule has 1 amide bonds. The van der Waals surface area contributed by atoms with E-state index >= 15 is 0 Å². The number of rotatable bonds is 3. The maximum absolute atomic E-state index is 12.5. The summed E-state index contributed by atoms with van der Waals surface area (Å²) in [6.07, 6.45) is -1.18. The van der Waals surface area contributed by atoms with Crippen molar-refractivity contribution in [3.05, 3.63) is 39.3 Å². The number of hydrogen-bond donors (Lipinski definition) is 2. The van der Waals surface area contributed by atoms with E-state index in [-0.39, 0.29) is 5.91 Å². The SMILES string of the molecule is O=C(O)[C@@H]1[C@H](C(=O)Nc2ccccc2)[C@H]2O[C@H]1C(Br)=C2Br. The first-order valence-electron chi connectivity index (χ1n) is 6.30. The van der Waals surface area contributed by atoms with Crippen molar-refractivity contribution in [3.63, 3.8) is 0 Å². The van der Waals surface area contributed by atoms with E-state index in [0.29, 0.717) is 14.7 Å². The molecule has 2 heterocycles. The Morgan fingerprint density at radius 3 is 2.19 bits per heavy atom. The minimum absolute atomic E-state index is 0.349. The first-order chi connectivity index (χ1) is 10.0. The van der Waals surface area contributed by atoms with Crippen molar-refractivity contribution in [2.45, 2.75) is 12.2 Å². The van der Waals surface area contributed by atoms with Gasteiger partial charge in [-0.05, 0) is 12.1 Å². The molecule has 5 nitrogen and oxygen atoms in total. The zero-order chi connectivity index (χ0) is 15.1. The molecule has 2 N–H and O–H groups in total. The molecule has 110 valence electrons. The van der Waals surface area contributed by atoms with Crippen LogP contribution in [0.5, 0.6) is 0 Å². The first kappa shape index (κ1) is 14.7. The molecule has 0 aromatic heterocycles. The zero-order valence-corrected chi connectivity index (χ0v) is 13.8. The second-order valence-electron chi connectivity index (χ2n) is 4.92. The number of fused-ring (bicyclic) bond motifs is 2. The van der Waals surface area contributed by atoms with Gasteiger partial charge < -0.3 is 15.2 Å². The largest absolute Gasteiger partial charge is 0.481 e. The molecule has 0 unspecified atom stereocenters. The number of para-hydroxylation sites is 1. The molecule has 7 heteroatoms. The van der Waals surface area contributed by atoms with Crippen molar-refractivity contribution in [2.75, 3.05) is 5.32 Å². The number of halogens is 2. The summed E-state index contributed by atoms with van der Waals surface area (Å²) in [4.78, 5) is 24.0. The molecule has 0 spiro atoms. The van der Waals surface area contributed by atoms with Gasteiger partial charge in [0.25, 0.3) is 0 Å². The molecule has 1 aromatic rings. The fraction of sp³-hybridized carbons (Fsp3) is 0.286. The van der Waals surface area contributed by atoms with Gasteiger partial charge in [0.15, 0.2) is 0 Å². The molecule has 1 fully saturated rings. The number of nitrogens with one attached hydrogen (secondary N) is 1. The summed E-state index contributed by atoms with van der Waals surface area (Å²) in [5.41, 5.74) is 0.633. The number of ether oxygens (including phenoxy) is 1. The molecule has 2 bridgehead atoms. The lowest BCUT2D eigenvalue weighted by molar-refractivity contribution is -0.146. The number of hydrogen-bond acceptors (Lipinski definition) is 3. The summed E-state index contributed by atoms with van der Waals surface area (Å²) in [7, 11) is 0. The van der Waals surface area contributed by atoms with E-state index in [4.69, 9.17) is 4.74 Å². The third-order valence-corrected chi connectivity index (χ3v) is 5.98. The third kappa shape index (κ3) is 2.43. The lowest BCUT2D eigenvalue weighted by Gasteiger charge is -2.24. The number of carboxylic acids is 1. The van der Waals surface area contributed by atoms with Gasteiger partial charge in [-0.2, -0.15) is 0 Å². The summed E-state index contributed by atoms with van der Waals surface area (Å²) >= 11 is 6.69. The highest BCUT2D eigenvalue weighted by molar-refractivity contribution is 9.14. The summed E-state index contributed by atoms with van der Waals surface area (Å²) in [6, 6.07) is 8.94. The topological polar surface area (TPSA) is 75.6 Å². The summed E-state index contributed by atoms with van der Waals surface area (Å²) in [6.45, 7) is 0. The Morgan fingerprint density at radius 1 is 1.05 bits per heavy atom. The van der Waals surface area contributed by atoms with Crippen molar-refractivity contribution in [1.29, 1.82) is 0 Å². The van der Waals surface area contributed by atoms with Gasteiger partial charge in [-0.1, -0.05) is 50.1 Å². The van der Waals surface area contributed by atoms with E-state index in [2.05, 4.69) is 37.2 Å². The fourth-order valence-electron chi connectivity index (χ4n) is 2.74. The standard InChI is InChI=1S/C14H11Br2NO4/c15-9-10(16)12-8(14(19)20)7(11(9)21-12)13(18)17-6-4-2-1-3-5-6/h1-5,7-8,11-12H,(H,17,18)(H,19,20)/t7-,8+,11+,12+/m0/s1. The molecule has 21 heavy (non-hydrogen) atoms. The number of amides is 1. The van der Waals surface area contributed by atoms with Crippen LogP contribution in [0.1, 0.15) is 0 Å². The number of carbonyl (C=O) groups is 2. The second-order valence-corrected chi connectivity index (χ2v) is 6.63. The van der Waals surface area contributed by atoms with Crippen LogP contribution in [-0.4, -0.2) is 29.2 Å². The first-order valence-corrected chi connectivity index (χ1v) is 7.88. The van der Waals surface area contributed by atoms with Crippen LogP contribution in [0.2, 0.25) is 0 Å². The van der Waals surface area contributed by atoms with E-state index in [1.807, 2.05) is 6.07 Å². The number of carbonyl (C=O) groups excluding carboxylic acids is 1. The van der Waals surface area contributed by atoms with Crippen molar-refractivity contribution in [3.8, 4) is 0 Å². The smallest absolute Gasteiger partial charge is 0.310 e. The van der Waals surface area contributed by atoms with Gasteiger partial charge in [-0.3, -0.25) is 9.59 Å². The molecular formula is C14H11Br2NO4. The Labute approximate surface area is 137 Å². The van der Waals surface area contributed by atoms with E-state index < -0.39 is 30.0 Å². The van der Waals surface area contributed by atoms with Gasteiger partial charge >= 0.3 is 5.97 Å². The Morgan fingerprint density at radius 2 is 1.62 bits per heavy atom. The van der Waals surface area contributed by atoms with Crippen LogP contribution in [0.25, 0.3) is 0 Å². The van der Waals surface area contributed by atoms with E-state index in [0.717, 1.165) is 0 Å². The molecule has 1 saturated heterocycles. The molecule has 2 aliphatic heterocycles. The van der Waals surface area contributed by atoms with Crippen LogP contribution in [-0.2, 0) is 14.3 Å². The lowest BCUT2D eigenvalue weighted by Crippen LogP contribution is -2.40. The average molecular weight is 417 g/mol. The Kier molecular flexibility index (Phi) is 3.90. The van der Waals surface area contributed by atoms with Crippen LogP contribution in [0, 0.1) is 11.8 Å². The van der Waals surface area contributed by atoms with Crippen LogP contribution in [0.3, 0.4) is 0 Å². The van der Waals surface area contributed by atoms with Gasteiger partial charge in [-0.15, -0.1) is 0 Å². The second kappa shape index (κ2) is 5.55. The molecule has 3 rings (SSSR count). The van der Waals surface area contributed by atoms with Crippen molar-refractivity contribution in [1.82, 2.24) is 0 Å². The maximum Gasteiger partial charge on any atom is 0.310 e.